The number of amides is 1. The summed E-state index contributed by atoms with van der Waals surface area (Å²) in [6.45, 7) is 0. The summed E-state index contributed by atoms with van der Waals surface area (Å²) in [5.74, 6) is -0.222. The van der Waals surface area contributed by atoms with Crippen molar-refractivity contribution in [3.8, 4) is 5.75 Å². The van der Waals surface area contributed by atoms with Crippen molar-refractivity contribution in [2.24, 2.45) is 0 Å². The molecule has 0 saturated heterocycles. The smallest absolute Gasteiger partial charge is 0.224 e. The van der Waals surface area contributed by atoms with E-state index in [-0.39, 0.29) is 30.3 Å². The number of anilines is 1. The summed E-state index contributed by atoms with van der Waals surface area (Å²) in [6.07, 6.45) is 0.428. The average molecular weight is 191 g/mol. The quantitative estimate of drug-likeness (QED) is 0.649. The predicted molar refractivity (Wildman–Crippen MR) is 50.3 cm³/mol. The zero-order chi connectivity index (χ0) is 10.1. The van der Waals surface area contributed by atoms with Gasteiger partial charge in [0.1, 0.15) is 5.75 Å². The number of phenols is 1. The molecular weight excluding hydrogens is 182 g/mol. The van der Waals surface area contributed by atoms with E-state index in [9.17, 15) is 14.7 Å². The highest BCUT2D eigenvalue weighted by molar-refractivity contribution is 6.09. The molecule has 14 heavy (non-hydrogen) atoms. The first kappa shape index (κ1) is 8.74. The van der Waals surface area contributed by atoms with Gasteiger partial charge in [-0.15, -0.1) is 0 Å². The largest absolute Gasteiger partial charge is 0.508 e. The number of nitrogens with one attached hydrogen (secondary N) is 1. The van der Waals surface area contributed by atoms with E-state index in [1.807, 2.05) is 0 Å². The van der Waals surface area contributed by atoms with E-state index in [1.54, 1.807) is 0 Å². The number of hydrogen-bond acceptors (Lipinski definition) is 3. The van der Waals surface area contributed by atoms with Crippen LogP contribution in [0.1, 0.15) is 23.2 Å². The van der Waals surface area contributed by atoms with Crippen LogP contribution in [0.3, 0.4) is 0 Å². The molecule has 1 amide bonds. The molecule has 0 aliphatic carbocycles. The van der Waals surface area contributed by atoms with Crippen LogP contribution in [0.4, 0.5) is 5.69 Å². The summed E-state index contributed by atoms with van der Waals surface area (Å²) in [6, 6.07) is 4.35. The second-order valence-corrected chi connectivity index (χ2v) is 3.20. The molecule has 1 heterocycles. The molecule has 72 valence electrons. The average Bonchev–Trinajstić information content (AvgIpc) is 2.26. The summed E-state index contributed by atoms with van der Waals surface area (Å²) >= 11 is 0. The van der Waals surface area contributed by atoms with Crippen molar-refractivity contribution in [1.29, 1.82) is 0 Å². The molecular formula is C10H9NO3. The second-order valence-electron chi connectivity index (χ2n) is 3.20. The highest BCUT2D eigenvalue weighted by atomic mass is 16.3. The molecule has 0 radical (unpaired) electrons. The number of fused-ring (bicyclic) bond motifs is 1. The fourth-order valence-corrected chi connectivity index (χ4v) is 1.45. The number of ketones is 1. The van der Waals surface area contributed by atoms with Gasteiger partial charge in [0.15, 0.2) is 5.78 Å². The molecule has 0 bridgehead atoms. The zero-order valence-electron chi connectivity index (χ0n) is 7.41. The van der Waals surface area contributed by atoms with E-state index in [4.69, 9.17) is 0 Å². The maximum absolute atomic E-state index is 11.5. The van der Waals surface area contributed by atoms with Crippen molar-refractivity contribution >= 4 is 17.4 Å². The van der Waals surface area contributed by atoms with Crippen LogP contribution in [0.2, 0.25) is 0 Å². The molecule has 4 heteroatoms. The fourth-order valence-electron chi connectivity index (χ4n) is 1.45. The van der Waals surface area contributed by atoms with E-state index in [0.29, 0.717) is 11.3 Å². The number of rotatable bonds is 0. The summed E-state index contributed by atoms with van der Waals surface area (Å²) in [4.78, 5) is 22.6. The van der Waals surface area contributed by atoms with E-state index in [2.05, 4.69) is 5.32 Å². The van der Waals surface area contributed by atoms with Gasteiger partial charge in [0.05, 0.1) is 5.69 Å². The van der Waals surface area contributed by atoms with Gasteiger partial charge in [-0.3, -0.25) is 9.59 Å². The Labute approximate surface area is 80.6 Å². The van der Waals surface area contributed by atoms with Crippen molar-refractivity contribution in [1.82, 2.24) is 0 Å². The first-order chi connectivity index (χ1) is 6.66. The van der Waals surface area contributed by atoms with Crippen LogP contribution in [-0.4, -0.2) is 16.8 Å². The normalized spacial score (nSPS) is 15.7. The Balaban J connectivity index is 2.52. The van der Waals surface area contributed by atoms with Crippen molar-refractivity contribution in [3.05, 3.63) is 23.8 Å². The molecule has 1 aromatic rings. The summed E-state index contributed by atoms with van der Waals surface area (Å²) in [5, 5.41) is 11.8. The molecule has 4 nitrogen and oxygen atoms in total. The highest BCUT2D eigenvalue weighted by Gasteiger charge is 2.19. The molecule has 0 unspecified atom stereocenters. The third-order valence-corrected chi connectivity index (χ3v) is 2.16. The topological polar surface area (TPSA) is 66.4 Å². The Bertz CT molecular complexity index is 412. The molecule has 2 rings (SSSR count). The van der Waals surface area contributed by atoms with Gasteiger partial charge in [-0.05, 0) is 12.1 Å². The van der Waals surface area contributed by atoms with E-state index in [1.165, 1.54) is 18.2 Å². The lowest BCUT2D eigenvalue weighted by Gasteiger charge is -2.05. The van der Waals surface area contributed by atoms with Gasteiger partial charge in [-0.2, -0.15) is 0 Å². The molecule has 1 aliphatic heterocycles. The van der Waals surface area contributed by atoms with Crippen LogP contribution in [0.5, 0.6) is 5.75 Å². The van der Waals surface area contributed by atoms with E-state index >= 15 is 0 Å². The minimum atomic E-state index is -0.192. The Kier molecular flexibility index (Phi) is 1.96. The molecule has 2 N–H and O–H groups in total. The maximum Gasteiger partial charge on any atom is 0.224 e. The summed E-state index contributed by atoms with van der Waals surface area (Å²) < 4.78 is 0. The number of hydrogen-bond donors (Lipinski definition) is 2. The molecule has 0 saturated carbocycles. The monoisotopic (exact) mass is 191 g/mol. The zero-order valence-corrected chi connectivity index (χ0v) is 7.41. The number of Topliss-reactive ketones (excluding diaryl/α,β-unsaturated/α-hetero) is 1. The molecule has 0 fully saturated rings. The van der Waals surface area contributed by atoms with Gasteiger partial charge >= 0.3 is 0 Å². The molecule has 1 aromatic carbocycles. The van der Waals surface area contributed by atoms with E-state index in [0.717, 1.165) is 0 Å². The number of carbonyl (C=O) groups is 2. The van der Waals surface area contributed by atoms with Gasteiger partial charge in [-0.1, -0.05) is 0 Å². The fraction of sp³-hybridized carbons (Fsp3) is 0.200. The predicted octanol–water partition coefficient (Wildman–Crippen LogP) is 1.31. The Morgan fingerprint density at radius 2 is 2.00 bits per heavy atom. The lowest BCUT2D eigenvalue weighted by Crippen LogP contribution is -2.08. The Hall–Kier alpha value is -1.84. The van der Waals surface area contributed by atoms with Crippen LogP contribution in [0, 0.1) is 0 Å². The molecule has 0 spiro atoms. The third-order valence-electron chi connectivity index (χ3n) is 2.16. The standard InChI is InChI=1S/C10H9NO3/c12-6-1-2-7-8(5-6)11-10(14)4-3-9(7)13/h1-2,5,12H,3-4H2,(H,11,14). The second kappa shape index (κ2) is 3.14. The highest BCUT2D eigenvalue weighted by Crippen LogP contribution is 2.25. The first-order valence-corrected chi connectivity index (χ1v) is 4.33. The Morgan fingerprint density at radius 1 is 1.21 bits per heavy atom. The van der Waals surface area contributed by atoms with Gasteiger partial charge in [0.2, 0.25) is 5.91 Å². The summed E-state index contributed by atoms with van der Waals surface area (Å²) in [5.41, 5.74) is 0.867. The van der Waals surface area contributed by atoms with Gasteiger partial charge in [-0.25, -0.2) is 0 Å². The van der Waals surface area contributed by atoms with Crippen LogP contribution < -0.4 is 5.32 Å². The SMILES string of the molecule is O=C1CCC(=O)c2ccc(O)cc2N1. The van der Waals surface area contributed by atoms with E-state index < -0.39 is 0 Å². The Morgan fingerprint density at radius 3 is 2.79 bits per heavy atom. The molecule has 0 atom stereocenters. The van der Waals surface area contributed by atoms with Gasteiger partial charge < -0.3 is 10.4 Å². The lowest BCUT2D eigenvalue weighted by atomic mass is 10.1. The van der Waals surface area contributed by atoms with Crippen molar-refractivity contribution in [3.63, 3.8) is 0 Å². The van der Waals surface area contributed by atoms with Crippen LogP contribution in [0.25, 0.3) is 0 Å². The van der Waals surface area contributed by atoms with Crippen molar-refractivity contribution in [2.45, 2.75) is 12.8 Å². The van der Waals surface area contributed by atoms with Crippen LogP contribution in [0.15, 0.2) is 18.2 Å². The minimum Gasteiger partial charge on any atom is -0.508 e. The number of phenolic OH excluding ortho intramolecular Hbond substituents is 1. The summed E-state index contributed by atoms with van der Waals surface area (Å²) in [7, 11) is 0. The van der Waals surface area contributed by atoms with Crippen LogP contribution >= 0.6 is 0 Å². The van der Waals surface area contributed by atoms with Crippen molar-refractivity contribution < 1.29 is 14.7 Å². The van der Waals surface area contributed by atoms with Gasteiger partial charge in [0, 0.05) is 24.5 Å². The third kappa shape index (κ3) is 1.46. The number of benzene rings is 1. The van der Waals surface area contributed by atoms with Gasteiger partial charge in [0.25, 0.3) is 0 Å². The molecule has 1 aliphatic rings. The minimum absolute atomic E-state index is 0.0405. The van der Waals surface area contributed by atoms with Crippen molar-refractivity contribution in [2.75, 3.05) is 5.32 Å². The maximum atomic E-state index is 11.5. The first-order valence-electron chi connectivity index (χ1n) is 4.33. The lowest BCUT2D eigenvalue weighted by molar-refractivity contribution is -0.116. The number of aromatic hydroxyl groups is 1. The molecule has 0 aromatic heterocycles. The number of carbonyl (C=O) groups excluding carboxylic acids is 2. The van der Waals surface area contributed by atoms with Crippen LogP contribution in [-0.2, 0) is 4.79 Å².